The van der Waals surface area contributed by atoms with Crippen molar-refractivity contribution in [2.45, 2.75) is 46.7 Å². The summed E-state index contributed by atoms with van der Waals surface area (Å²) in [6, 6.07) is -0.0556. The van der Waals surface area contributed by atoms with Crippen LogP contribution in [0.25, 0.3) is 0 Å². The average Bonchev–Trinajstić information content (AvgIpc) is 2.46. The van der Waals surface area contributed by atoms with Gasteiger partial charge in [0.05, 0.1) is 4.91 Å². The van der Waals surface area contributed by atoms with E-state index in [0.29, 0.717) is 19.0 Å². The maximum Gasteiger partial charge on any atom is 0.240 e. The van der Waals surface area contributed by atoms with E-state index in [1.165, 1.54) is 12.2 Å². The Hall–Kier alpha value is -0.950. The monoisotopic (exact) mass is 343 g/mol. The Labute approximate surface area is 142 Å². The van der Waals surface area contributed by atoms with Gasteiger partial charge in [0.2, 0.25) is 10.0 Å². The molecule has 134 valence electrons. The fourth-order valence-corrected chi connectivity index (χ4v) is 3.38. The fraction of sp³-hybridized carbons (Fsp3) is 0.647. The van der Waals surface area contributed by atoms with Gasteiger partial charge in [0.1, 0.15) is 0 Å². The summed E-state index contributed by atoms with van der Waals surface area (Å²) in [5.74, 6) is 0.540. The molecule has 0 spiro atoms. The minimum Gasteiger partial charge on any atom is -0.329 e. The molecule has 0 aromatic heterocycles. The van der Waals surface area contributed by atoms with Crippen LogP contribution in [0.15, 0.2) is 35.8 Å². The van der Waals surface area contributed by atoms with Gasteiger partial charge in [-0.2, -0.15) is 0 Å². The summed E-state index contributed by atoms with van der Waals surface area (Å²) in [5.41, 5.74) is 5.76. The molecule has 2 unspecified atom stereocenters. The van der Waals surface area contributed by atoms with Crippen molar-refractivity contribution in [3.63, 3.8) is 0 Å². The Morgan fingerprint density at radius 3 is 2.13 bits per heavy atom. The van der Waals surface area contributed by atoms with Gasteiger partial charge in [-0.25, -0.2) is 13.1 Å². The summed E-state index contributed by atoms with van der Waals surface area (Å²) >= 11 is 0. The van der Waals surface area contributed by atoms with Crippen LogP contribution in [0.2, 0.25) is 0 Å². The van der Waals surface area contributed by atoms with Crippen LogP contribution in [0.4, 0.5) is 0 Å². The highest BCUT2D eigenvalue weighted by molar-refractivity contribution is 7.93. The molecule has 0 aliphatic carbocycles. The molecule has 0 bridgehead atoms. The van der Waals surface area contributed by atoms with E-state index in [1.807, 2.05) is 20.8 Å². The van der Waals surface area contributed by atoms with Gasteiger partial charge >= 0.3 is 0 Å². The summed E-state index contributed by atoms with van der Waals surface area (Å²) in [7, 11) is -3.59. The lowest BCUT2D eigenvalue weighted by Crippen LogP contribution is -2.50. The normalized spacial score (nSPS) is 16.3. The van der Waals surface area contributed by atoms with Crippen LogP contribution in [-0.2, 0) is 10.0 Å². The number of sulfonamides is 1. The minimum atomic E-state index is -3.59. The SMILES string of the molecule is C=C/C(=C\C=C/C)S(=O)(=O)NC(CNC(CN)C(C)C)C(C)C. The highest BCUT2D eigenvalue weighted by Crippen LogP contribution is 2.11. The van der Waals surface area contributed by atoms with Crippen LogP contribution in [0, 0.1) is 11.8 Å². The molecule has 0 aliphatic heterocycles. The van der Waals surface area contributed by atoms with Crippen molar-refractivity contribution in [3.05, 3.63) is 35.8 Å². The first-order valence-electron chi connectivity index (χ1n) is 8.10. The molecular formula is C17H33N3O2S. The number of rotatable bonds is 11. The molecule has 4 N–H and O–H groups in total. The van der Waals surface area contributed by atoms with Gasteiger partial charge < -0.3 is 11.1 Å². The Morgan fingerprint density at radius 1 is 1.17 bits per heavy atom. The second-order valence-electron chi connectivity index (χ2n) is 6.27. The number of hydrogen-bond donors (Lipinski definition) is 3. The van der Waals surface area contributed by atoms with E-state index in [2.05, 4.69) is 30.5 Å². The lowest BCUT2D eigenvalue weighted by Gasteiger charge is -2.27. The first-order chi connectivity index (χ1) is 10.7. The molecule has 0 rings (SSSR count). The quantitative estimate of drug-likeness (QED) is 0.502. The van der Waals surface area contributed by atoms with Crippen LogP contribution in [0.5, 0.6) is 0 Å². The first-order valence-corrected chi connectivity index (χ1v) is 9.59. The standard InChI is InChI=1S/C17H33N3O2S/c1-7-9-10-15(8-2)23(21,22)20-17(14(5)6)12-19-16(11-18)13(3)4/h7-10,13-14,16-17,19-20H,2,11-12,18H2,1,3-6H3/b9-7-,15-10+. The fourth-order valence-electron chi connectivity index (χ4n) is 2.01. The molecule has 0 amide bonds. The molecule has 0 aromatic rings. The molecule has 2 atom stereocenters. The average molecular weight is 344 g/mol. The van der Waals surface area contributed by atoms with Crippen LogP contribution in [0.1, 0.15) is 34.6 Å². The van der Waals surface area contributed by atoms with Crippen LogP contribution < -0.4 is 15.8 Å². The zero-order valence-corrected chi connectivity index (χ0v) is 15.9. The molecule has 23 heavy (non-hydrogen) atoms. The Bertz CT molecular complexity index is 508. The third-order valence-corrected chi connectivity index (χ3v) is 5.27. The molecule has 0 saturated heterocycles. The summed E-state index contributed by atoms with van der Waals surface area (Å²) in [6.45, 7) is 14.6. The lowest BCUT2D eigenvalue weighted by molar-refractivity contribution is 0.354. The second kappa shape index (κ2) is 10.8. The maximum atomic E-state index is 12.5. The third kappa shape index (κ3) is 7.92. The van der Waals surface area contributed by atoms with E-state index >= 15 is 0 Å². The zero-order chi connectivity index (χ0) is 18.0. The Kier molecular flexibility index (Phi) is 10.3. The molecule has 0 fully saturated rings. The summed E-state index contributed by atoms with van der Waals surface area (Å²) in [5, 5.41) is 3.36. The van der Waals surface area contributed by atoms with Crippen LogP contribution in [0.3, 0.4) is 0 Å². The maximum absolute atomic E-state index is 12.5. The topological polar surface area (TPSA) is 84.2 Å². The van der Waals surface area contributed by atoms with Gasteiger partial charge in [-0.15, -0.1) is 0 Å². The molecule has 0 heterocycles. The van der Waals surface area contributed by atoms with Gasteiger partial charge in [0.25, 0.3) is 0 Å². The predicted molar refractivity (Wildman–Crippen MR) is 99.5 cm³/mol. The Morgan fingerprint density at radius 2 is 1.74 bits per heavy atom. The summed E-state index contributed by atoms with van der Waals surface area (Å²) in [4.78, 5) is 0.167. The van der Waals surface area contributed by atoms with Gasteiger partial charge in [-0.05, 0) is 30.9 Å². The largest absolute Gasteiger partial charge is 0.329 e. The number of hydrogen-bond acceptors (Lipinski definition) is 4. The second-order valence-corrected chi connectivity index (χ2v) is 7.98. The van der Waals surface area contributed by atoms with Crippen molar-refractivity contribution in [3.8, 4) is 0 Å². The van der Waals surface area contributed by atoms with Crippen molar-refractivity contribution in [1.82, 2.24) is 10.0 Å². The molecular weight excluding hydrogens is 310 g/mol. The molecule has 0 radical (unpaired) electrons. The van der Waals surface area contributed by atoms with E-state index in [9.17, 15) is 8.42 Å². The molecule has 6 heteroatoms. The van der Waals surface area contributed by atoms with Gasteiger partial charge in [0, 0.05) is 25.2 Å². The van der Waals surface area contributed by atoms with Gasteiger partial charge in [-0.3, -0.25) is 0 Å². The van der Waals surface area contributed by atoms with Crippen molar-refractivity contribution < 1.29 is 8.42 Å². The summed E-state index contributed by atoms with van der Waals surface area (Å²) < 4.78 is 27.8. The smallest absolute Gasteiger partial charge is 0.240 e. The van der Waals surface area contributed by atoms with E-state index in [-0.39, 0.29) is 22.9 Å². The third-order valence-electron chi connectivity index (χ3n) is 3.73. The lowest BCUT2D eigenvalue weighted by atomic mass is 10.0. The van der Waals surface area contributed by atoms with E-state index in [4.69, 9.17) is 5.73 Å². The van der Waals surface area contributed by atoms with E-state index in [1.54, 1.807) is 12.2 Å². The van der Waals surface area contributed by atoms with Crippen molar-refractivity contribution in [2.75, 3.05) is 13.1 Å². The predicted octanol–water partition coefficient (Wildman–Crippen LogP) is 2.15. The van der Waals surface area contributed by atoms with Crippen LogP contribution >= 0.6 is 0 Å². The molecule has 0 saturated carbocycles. The number of nitrogens with one attached hydrogen (secondary N) is 2. The number of allylic oxidation sites excluding steroid dienone is 4. The highest BCUT2D eigenvalue weighted by atomic mass is 32.2. The van der Waals surface area contributed by atoms with Crippen molar-refractivity contribution in [1.29, 1.82) is 0 Å². The van der Waals surface area contributed by atoms with Gasteiger partial charge in [0.15, 0.2) is 0 Å². The van der Waals surface area contributed by atoms with Crippen molar-refractivity contribution >= 4 is 10.0 Å². The first kappa shape index (κ1) is 22.1. The van der Waals surface area contributed by atoms with E-state index < -0.39 is 10.0 Å². The summed E-state index contributed by atoms with van der Waals surface area (Å²) in [6.07, 6.45) is 6.35. The molecule has 0 aliphatic rings. The van der Waals surface area contributed by atoms with E-state index in [0.717, 1.165) is 0 Å². The highest BCUT2D eigenvalue weighted by Gasteiger charge is 2.24. The number of nitrogens with two attached hydrogens (primary N) is 1. The minimum absolute atomic E-state index is 0.149. The van der Waals surface area contributed by atoms with Gasteiger partial charge in [-0.1, -0.05) is 46.4 Å². The van der Waals surface area contributed by atoms with Crippen LogP contribution in [-0.4, -0.2) is 33.6 Å². The van der Waals surface area contributed by atoms with Crippen molar-refractivity contribution in [2.24, 2.45) is 17.6 Å². The Balaban J connectivity index is 5.09. The molecule has 0 aromatic carbocycles. The molecule has 5 nitrogen and oxygen atoms in total. The zero-order valence-electron chi connectivity index (χ0n) is 15.0.